The van der Waals surface area contributed by atoms with Gasteiger partial charge in [-0.15, -0.1) is 0 Å². The Morgan fingerprint density at radius 1 is 1.12 bits per heavy atom. The van der Waals surface area contributed by atoms with Crippen molar-refractivity contribution in [2.45, 2.75) is 6.92 Å². The molecule has 0 saturated carbocycles. The highest BCUT2D eigenvalue weighted by Gasteiger charge is 2.09. The van der Waals surface area contributed by atoms with Crippen molar-refractivity contribution in [2.75, 3.05) is 26.0 Å². The molecule has 0 unspecified atom stereocenters. The van der Waals surface area contributed by atoms with Crippen LogP contribution in [0.3, 0.4) is 0 Å². The molecule has 2 aromatic carbocycles. The molecule has 0 fully saturated rings. The molecule has 2 aromatic rings. The van der Waals surface area contributed by atoms with Crippen LogP contribution in [0.15, 0.2) is 46.9 Å². The Morgan fingerprint density at radius 2 is 1.79 bits per heavy atom. The molecule has 2 amide bonds. The number of nitrogens with one attached hydrogen (secondary N) is 1. The van der Waals surface area contributed by atoms with E-state index in [-0.39, 0.29) is 18.4 Å². The highest BCUT2D eigenvalue weighted by molar-refractivity contribution is 9.10. The largest absolute Gasteiger partial charge is 0.483 e. The summed E-state index contributed by atoms with van der Waals surface area (Å²) in [4.78, 5) is 25.3. The Balaban J connectivity index is 1.91. The number of hydrogen-bond acceptors (Lipinski definition) is 3. The minimum absolute atomic E-state index is 0.0829. The van der Waals surface area contributed by atoms with E-state index in [2.05, 4.69) is 21.2 Å². The number of hydrogen-bond donors (Lipinski definition) is 1. The van der Waals surface area contributed by atoms with Gasteiger partial charge in [0, 0.05) is 25.3 Å². The van der Waals surface area contributed by atoms with Gasteiger partial charge in [0.2, 0.25) is 0 Å². The first kappa shape index (κ1) is 18.0. The lowest BCUT2D eigenvalue weighted by molar-refractivity contribution is -0.118. The molecule has 24 heavy (non-hydrogen) atoms. The van der Waals surface area contributed by atoms with E-state index in [1.165, 1.54) is 4.90 Å². The van der Waals surface area contributed by atoms with Gasteiger partial charge in [-0.3, -0.25) is 9.59 Å². The SMILES string of the molecule is Cc1ccc(OCC(=O)Nc2ccc(C(=O)N(C)C)cc2)c(Br)c1. The van der Waals surface area contributed by atoms with Gasteiger partial charge in [0.05, 0.1) is 4.47 Å². The van der Waals surface area contributed by atoms with Gasteiger partial charge in [-0.05, 0) is 64.8 Å². The number of benzene rings is 2. The molecule has 0 aromatic heterocycles. The highest BCUT2D eigenvalue weighted by Crippen LogP contribution is 2.25. The standard InChI is InChI=1S/C18H19BrN2O3/c1-12-4-9-16(15(19)10-12)24-11-17(22)20-14-7-5-13(6-8-14)18(23)21(2)3/h4-10H,11H2,1-3H3,(H,20,22). The average Bonchev–Trinajstić information content (AvgIpc) is 2.54. The first-order chi connectivity index (χ1) is 11.4. The summed E-state index contributed by atoms with van der Waals surface area (Å²) < 4.78 is 6.31. The van der Waals surface area contributed by atoms with Crippen molar-refractivity contribution in [3.05, 3.63) is 58.1 Å². The zero-order valence-electron chi connectivity index (χ0n) is 13.8. The monoisotopic (exact) mass is 390 g/mol. The minimum Gasteiger partial charge on any atom is -0.483 e. The van der Waals surface area contributed by atoms with E-state index in [9.17, 15) is 9.59 Å². The Labute approximate surface area is 149 Å². The van der Waals surface area contributed by atoms with Crippen LogP contribution in [0.1, 0.15) is 15.9 Å². The van der Waals surface area contributed by atoms with E-state index in [1.54, 1.807) is 38.4 Å². The molecule has 0 atom stereocenters. The van der Waals surface area contributed by atoms with E-state index in [4.69, 9.17) is 4.74 Å². The number of amides is 2. The molecular formula is C18H19BrN2O3. The predicted molar refractivity (Wildman–Crippen MR) is 97.5 cm³/mol. The van der Waals surface area contributed by atoms with Gasteiger partial charge >= 0.3 is 0 Å². The van der Waals surface area contributed by atoms with Crippen LogP contribution in [0.4, 0.5) is 5.69 Å². The molecule has 2 rings (SSSR count). The maximum absolute atomic E-state index is 12.0. The fraction of sp³-hybridized carbons (Fsp3) is 0.222. The van der Waals surface area contributed by atoms with Crippen molar-refractivity contribution in [1.82, 2.24) is 4.90 Å². The fourth-order valence-corrected chi connectivity index (χ4v) is 2.63. The first-order valence-corrected chi connectivity index (χ1v) is 8.16. The van der Waals surface area contributed by atoms with Gasteiger partial charge in [0.1, 0.15) is 5.75 Å². The summed E-state index contributed by atoms with van der Waals surface area (Å²) in [5.41, 5.74) is 2.28. The van der Waals surface area contributed by atoms with Crippen molar-refractivity contribution in [2.24, 2.45) is 0 Å². The van der Waals surface area contributed by atoms with E-state index in [0.29, 0.717) is 17.0 Å². The van der Waals surface area contributed by atoms with Crippen LogP contribution >= 0.6 is 15.9 Å². The summed E-state index contributed by atoms with van der Waals surface area (Å²) in [6.45, 7) is 1.88. The Kier molecular flexibility index (Phi) is 5.98. The summed E-state index contributed by atoms with van der Waals surface area (Å²) in [5, 5.41) is 2.73. The van der Waals surface area contributed by atoms with Crippen molar-refractivity contribution in [3.63, 3.8) is 0 Å². The number of carbonyl (C=O) groups excluding carboxylic acids is 2. The zero-order chi connectivity index (χ0) is 17.7. The molecule has 0 bridgehead atoms. The third kappa shape index (κ3) is 4.83. The summed E-state index contributed by atoms with van der Waals surface area (Å²) in [7, 11) is 3.39. The highest BCUT2D eigenvalue weighted by atomic mass is 79.9. The number of anilines is 1. The van der Waals surface area contributed by atoms with Crippen LogP contribution in [-0.4, -0.2) is 37.4 Å². The fourth-order valence-electron chi connectivity index (χ4n) is 2.02. The second kappa shape index (κ2) is 7.97. The third-order valence-electron chi connectivity index (χ3n) is 3.27. The molecule has 1 N–H and O–H groups in total. The van der Waals surface area contributed by atoms with Crippen molar-refractivity contribution < 1.29 is 14.3 Å². The molecule has 0 saturated heterocycles. The Morgan fingerprint density at radius 3 is 2.38 bits per heavy atom. The van der Waals surface area contributed by atoms with E-state index in [1.807, 2.05) is 25.1 Å². The lowest BCUT2D eigenvalue weighted by atomic mass is 10.2. The molecule has 6 heteroatoms. The molecule has 0 spiro atoms. The van der Waals surface area contributed by atoms with Crippen LogP contribution in [0, 0.1) is 6.92 Å². The van der Waals surface area contributed by atoms with Crippen LogP contribution in [0.5, 0.6) is 5.75 Å². The summed E-state index contributed by atoms with van der Waals surface area (Å²) in [6.07, 6.45) is 0. The van der Waals surface area contributed by atoms with E-state index >= 15 is 0 Å². The molecule has 0 radical (unpaired) electrons. The first-order valence-electron chi connectivity index (χ1n) is 7.37. The van der Waals surface area contributed by atoms with Gasteiger partial charge in [0.15, 0.2) is 6.61 Å². The summed E-state index contributed by atoms with van der Waals surface area (Å²) >= 11 is 3.40. The lowest BCUT2D eigenvalue weighted by Crippen LogP contribution is -2.22. The molecule has 0 aliphatic carbocycles. The van der Waals surface area contributed by atoms with Crippen LogP contribution < -0.4 is 10.1 Å². The van der Waals surface area contributed by atoms with Gasteiger partial charge in [-0.1, -0.05) is 6.07 Å². The molecule has 5 nitrogen and oxygen atoms in total. The van der Waals surface area contributed by atoms with Crippen LogP contribution in [0.2, 0.25) is 0 Å². The number of carbonyl (C=O) groups is 2. The molecular weight excluding hydrogens is 372 g/mol. The predicted octanol–water partition coefficient (Wildman–Crippen LogP) is 3.48. The average molecular weight is 391 g/mol. The Hall–Kier alpha value is -2.34. The minimum atomic E-state index is -0.269. The molecule has 0 aliphatic heterocycles. The second-order valence-corrected chi connectivity index (χ2v) is 6.40. The third-order valence-corrected chi connectivity index (χ3v) is 3.89. The van der Waals surface area contributed by atoms with Crippen molar-refractivity contribution >= 4 is 33.4 Å². The topological polar surface area (TPSA) is 58.6 Å². The molecule has 0 heterocycles. The van der Waals surface area contributed by atoms with Gasteiger partial charge in [-0.25, -0.2) is 0 Å². The summed E-state index contributed by atoms with van der Waals surface area (Å²) in [6, 6.07) is 12.4. The van der Waals surface area contributed by atoms with Crippen molar-refractivity contribution in [1.29, 1.82) is 0 Å². The quantitative estimate of drug-likeness (QED) is 0.849. The number of halogens is 1. The lowest BCUT2D eigenvalue weighted by Gasteiger charge is -2.11. The maximum Gasteiger partial charge on any atom is 0.262 e. The van der Waals surface area contributed by atoms with E-state index < -0.39 is 0 Å². The van der Waals surface area contributed by atoms with Crippen LogP contribution in [-0.2, 0) is 4.79 Å². The molecule has 0 aliphatic rings. The van der Waals surface area contributed by atoms with Crippen molar-refractivity contribution in [3.8, 4) is 5.75 Å². The number of rotatable bonds is 5. The number of nitrogens with zero attached hydrogens (tertiary/aromatic N) is 1. The number of ether oxygens (including phenoxy) is 1. The van der Waals surface area contributed by atoms with E-state index in [0.717, 1.165) is 10.0 Å². The summed E-state index contributed by atoms with van der Waals surface area (Å²) in [5.74, 6) is 0.261. The maximum atomic E-state index is 12.0. The normalized spacial score (nSPS) is 10.2. The Bertz CT molecular complexity index is 742. The van der Waals surface area contributed by atoms with Gasteiger partial charge in [0.25, 0.3) is 11.8 Å². The smallest absolute Gasteiger partial charge is 0.262 e. The van der Waals surface area contributed by atoms with Crippen LogP contribution in [0.25, 0.3) is 0 Å². The zero-order valence-corrected chi connectivity index (χ0v) is 15.4. The molecule has 126 valence electrons. The van der Waals surface area contributed by atoms with Gasteiger partial charge in [-0.2, -0.15) is 0 Å². The van der Waals surface area contributed by atoms with Gasteiger partial charge < -0.3 is 15.0 Å². The second-order valence-electron chi connectivity index (χ2n) is 5.55. The number of aryl methyl sites for hydroxylation is 1.